The predicted octanol–water partition coefficient (Wildman–Crippen LogP) is 4.63. The molecule has 0 aliphatic heterocycles. The summed E-state index contributed by atoms with van der Waals surface area (Å²) >= 11 is 5.88. The van der Waals surface area contributed by atoms with Crippen LogP contribution in [0.25, 0.3) is 6.08 Å². The van der Waals surface area contributed by atoms with Crippen molar-refractivity contribution in [3.05, 3.63) is 70.8 Å². The van der Waals surface area contributed by atoms with Crippen LogP contribution >= 0.6 is 11.6 Å². The van der Waals surface area contributed by atoms with Crippen LogP contribution in [0.15, 0.2) is 54.6 Å². The minimum Gasteiger partial charge on any atom is -0.489 e. The van der Waals surface area contributed by atoms with Crippen molar-refractivity contribution in [2.45, 2.75) is 6.92 Å². The van der Waals surface area contributed by atoms with Crippen LogP contribution in [0.2, 0.25) is 5.02 Å². The molecular weight excluding hydrogens is 272 g/mol. The number of hydrogen-bond donors (Lipinski definition) is 0. The predicted molar refractivity (Wildman–Crippen MR) is 82.4 cm³/mol. The highest BCUT2D eigenvalue weighted by Gasteiger charge is 2.08. The second kappa shape index (κ2) is 6.92. The molecular formula is C17H15ClO2. The molecule has 0 saturated heterocycles. The van der Waals surface area contributed by atoms with Gasteiger partial charge in [0.1, 0.15) is 12.4 Å². The van der Waals surface area contributed by atoms with E-state index in [1.54, 1.807) is 18.2 Å². The molecule has 2 rings (SSSR count). The molecule has 0 spiro atoms. The lowest BCUT2D eigenvalue weighted by atomic mass is 10.1. The van der Waals surface area contributed by atoms with Crippen molar-refractivity contribution in [2.24, 2.45) is 0 Å². The van der Waals surface area contributed by atoms with Gasteiger partial charge in [-0.2, -0.15) is 0 Å². The monoisotopic (exact) mass is 286 g/mol. The highest BCUT2D eigenvalue weighted by molar-refractivity contribution is 6.31. The van der Waals surface area contributed by atoms with Crippen molar-refractivity contribution in [1.29, 1.82) is 0 Å². The van der Waals surface area contributed by atoms with Gasteiger partial charge in [-0.1, -0.05) is 48.0 Å². The molecule has 2 nitrogen and oxygen atoms in total. The van der Waals surface area contributed by atoms with E-state index in [0.717, 1.165) is 5.56 Å². The molecule has 3 heteroatoms. The number of ether oxygens (including phenoxy) is 1. The van der Waals surface area contributed by atoms with Gasteiger partial charge in [0.25, 0.3) is 0 Å². The van der Waals surface area contributed by atoms with Crippen molar-refractivity contribution in [3.8, 4) is 5.75 Å². The molecule has 0 N–H and O–H groups in total. The largest absolute Gasteiger partial charge is 0.489 e. The Hall–Kier alpha value is -2.06. The summed E-state index contributed by atoms with van der Waals surface area (Å²) in [6.45, 7) is 1.90. The molecule has 0 aliphatic carbocycles. The maximum atomic E-state index is 11.5. The average molecular weight is 287 g/mol. The number of rotatable bonds is 5. The van der Waals surface area contributed by atoms with E-state index in [1.165, 1.54) is 6.92 Å². The Morgan fingerprint density at radius 1 is 1.20 bits per heavy atom. The smallest absolute Gasteiger partial charge is 0.163 e. The summed E-state index contributed by atoms with van der Waals surface area (Å²) in [5.74, 6) is 0.495. The van der Waals surface area contributed by atoms with Gasteiger partial charge in [-0.15, -0.1) is 0 Å². The molecule has 0 unspecified atom stereocenters. The van der Waals surface area contributed by atoms with Gasteiger partial charge in [-0.3, -0.25) is 4.79 Å². The molecule has 0 heterocycles. The van der Waals surface area contributed by atoms with Gasteiger partial charge in [0.05, 0.1) is 5.56 Å². The van der Waals surface area contributed by atoms with E-state index < -0.39 is 0 Å². The van der Waals surface area contributed by atoms with Gasteiger partial charge in [0.2, 0.25) is 0 Å². The molecule has 0 aromatic heterocycles. The molecule has 0 saturated carbocycles. The number of halogens is 1. The van der Waals surface area contributed by atoms with Gasteiger partial charge in [0, 0.05) is 5.02 Å². The van der Waals surface area contributed by atoms with E-state index in [2.05, 4.69) is 0 Å². The van der Waals surface area contributed by atoms with Crippen LogP contribution in [-0.2, 0) is 0 Å². The fraction of sp³-hybridized carbons (Fsp3) is 0.118. The van der Waals surface area contributed by atoms with Crippen molar-refractivity contribution < 1.29 is 9.53 Å². The zero-order valence-electron chi connectivity index (χ0n) is 11.2. The topological polar surface area (TPSA) is 26.3 Å². The van der Waals surface area contributed by atoms with Gasteiger partial charge in [-0.25, -0.2) is 0 Å². The van der Waals surface area contributed by atoms with Gasteiger partial charge in [0.15, 0.2) is 5.78 Å². The molecule has 102 valence electrons. The minimum absolute atomic E-state index is 0.0606. The van der Waals surface area contributed by atoms with E-state index in [0.29, 0.717) is 22.9 Å². The molecule has 0 fully saturated rings. The Balaban J connectivity index is 2.01. The number of ketones is 1. The van der Waals surface area contributed by atoms with Gasteiger partial charge in [-0.05, 0) is 36.8 Å². The summed E-state index contributed by atoms with van der Waals surface area (Å²) in [4.78, 5) is 11.5. The van der Waals surface area contributed by atoms with Gasteiger partial charge >= 0.3 is 0 Å². The zero-order chi connectivity index (χ0) is 14.4. The minimum atomic E-state index is -0.0606. The van der Waals surface area contributed by atoms with Crippen molar-refractivity contribution in [1.82, 2.24) is 0 Å². The van der Waals surface area contributed by atoms with Crippen molar-refractivity contribution in [2.75, 3.05) is 6.61 Å². The maximum Gasteiger partial charge on any atom is 0.163 e. The Morgan fingerprint density at radius 2 is 1.95 bits per heavy atom. The first-order valence-electron chi connectivity index (χ1n) is 6.31. The number of benzene rings is 2. The second-order valence-electron chi connectivity index (χ2n) is 4.32. The summed E-state index contributed by atoms with van der Waals surface area (Å²) in [6, 6.07) is 15.0. The van der Waals surface area contributed by atoms with Crippen LogP contribution in [0.1, 0.15) is 22.8 Å². The molecule has 0 aliphatic rings. The summed E-state index contributed by atoms with van der Waals surface area (Å²) in [5, 5.41) is 0.530. The molecule has 20 heavy (non-hydrogen) atoms. The van der Waals surface area contributed by atoms with Crippen LogP contribution in [0.4, 0.5) is 0 Å². The average Bonchev–Trinajstić information content (AvgIpc) is 2.45. The SMILES string of the molecule is CC(=O)c1cc(Cl)ccc1OCC=Cc1ccccc1. The third kappa shape index (κ3) is 3.97. The Bertz CT molecular complexity index is 618. The fourth-order valence-corrected chi connectivity index (χ4v) is 1.96. The normalized spacial score (nSPS) is 10.7. The van der Waals surface area contributed by atoms with E-state index in [4.69, 9.17) is 16.3 Å². The molecule has 2 aromatic rings. The number of hydrogen-bond acceptors (Lipinski definition) is 2. The third-order valence-electron chi connectivity index (χ3n) is 2.77. The lowest BCUT2D eigenvalue weighted by molar-refractivity contribution is 0.101. The lowest BCUT2D eigenvalue weighted by Crippen LogP contribution is -2.01. The first-order chi connectivity index (χ1) is 9.66. The summed E-state index contributed by atoms with van der Waals surface area (Å²) in [7, 11) is 0. The molecule has 2 aromatic carbocycles. The molecule has 0 atom stereocenters. The Labute approximate surface area is 123 Å². The first kappa shape index (κ1) is 14.4. The van der Waals surface area contributed by atoms with Crippen LogP contribution in [-0.4, -0.2) is 12.4 Å². The third-order valence-corrected chi connectivity index (χ3v) is 3.00. The van der Waals surface area contributed by atoms with Crippen LogP contribution < -0.4 is 4.74 Å². The number of Topliss-reactive ketones (excluding diaryl/α,β-unsaturated/α-hetero) is 1. The Morgan fingerprint density at radius 3 is 2.65 bits per heavy atom. The summed E-state index contributed by atoms with van der Waals surface area (Å²) in [5.41, 5.74) is 1.62. The van der Waals surface area contributed by atoms with Crippen LogP contribution in [0, 0.1) is 0 Å². The van der Waals surface area contributed by atoms with E-state index in [1.807, 2.05) is 42.5 Å². The Kier molecular flexibility index (Phi) is 4.97. The quantitative estimate of drug-likeness (QED) is 0.749. The highest BCUT2D eigenvalue weighted by atomic mass is 35.5. The van der Waals surface area contributed by atoms with E-state index in [-0.39, 0.29) is 5.78 Å². The molecule has 0 amide bonds. The van der Waals surface area contributed by atoms with Crippen LogP contribution in [0.5, 0.6) is 5.75 Å². The number of carbonyl (C=O) groups is 1. The fourth-order valence-electron chi connectivity index (χ4n) is 1.79. The van der Waals surface area contributed by atoms with Gasteiger partial charge < -0.3 is 4.74 Å². The molecule has 0 bridgehead atoms. The molecule has 0 radical (unpaired) electrons. The lowest BCUT2D eigenvalue weighted by Gasteiger charge is -2.08. The standard InChI is InChI=1S/C17H15ClO2/c1-13(19)16-12-15(18)9-10-17(16)20-11-5-8-14-6-3-2-4-7-14/h2-10,12H,11H2,1H3. The summed E-state index contributed by atoms with van der Waals surface area (Å²) in [6.07, 6.45) is 3.89. The summed E-state index contributed by atoms with van der Waals surface area (Å²) < 4.78 is 5.61. The highest BCUT2D eigenvalue weighted by Crippen LogP contribution is 2.23. The van der Waals surface area contributed by atoms with E-state index in [9.17, 15) is 4.79 Å². The zero-order valence-corrected chi connectivity index (χ0v) is 11.9. The maximum absolute atomic E-state index is 11.5. The number of carbonyl (C=O) groups excluding carboxylic acids is 1. The van der Waals surface area contributed by atoms with E-state index >= 15 is 0 Å². The van der Waals surface area contributed by atoms with Crippen molar-refractivity contribution >= 4 is 23.5 Å². The van der Waals surface area contributed by atoms with Crippen LogP contribution in [0.3, 0.4) is 0 Å². The van der Waals surface area contributed by atoms with Crippen molar-refractivity contribution in [3.63, 3.8) is 0 Å². The second-order valence-corrected chi connectivity index (χ2v) is 4.76. The first-order valence-corrected chi connectivity index (χ1v) is 6.69.